The number of piperidine rings is 1. The first-order valence-corrected chi connectivity index (χ1v) is 9.81. The standard InChI is InChI=1S/C21H28N4O/c1-16-22-20(13-21(26)23-16)18-9-12-24(15-18)14-17-5-7-19(8-6-17)25-10-3-2-4-11-25/h5-8,13,18H,2-4,9-12,14-15H2,1H3,(H,22,23,26)/t18-/m0/s1. The van der Waals surface area contributed by atoms with Crippen LogP contribution in [0, 0.1) is 6.92 Å². The Morgan fingerprint density at radius 2 is 1.88 bits per heavy atom. The minimum atomic E-state index is -0.0424. The molecule has 138 valence electrons. The van der Waals surface area contributed by atoms with Crippen LogP contribution in [0.5, 0.6) is 0 Å². The van der Waals surface area contributed by atoms with E-state index in [0.717, 1.165) is 31.7 Å². The normalized spacial score (nSPS) is 21.3. The van der Waals surface area contributed by atoms with Crippen LogP contribution in [-0.2, 0) is 6.54 Å². The van der Waals surface area contributed by atoms with E-state index in [2.05, 4.69) is 44.0 Å². The summed E-state index contributed by atoms with van der Waals surface area (Å²) in [6.07, 6.45) is 5.06. The van der Waals surface area contributed by atoms with Crippen molar-refractivity contribution in [3.8, 4) is 0 Å². The van der Waals surface area contributed by atoms with Crippen molar-refractivity contribution >= 4 is 5.69 Å². The Kier molecular flexibility index (Phi) is 5.07. The molecule has 2 aromatic rings. The van der Waals surface area contributed by atoms with E-state index in [1.807, 2.05) is 6.92 Å². The predicted molar refractivity (Wildman–Crippen MR) is 105 cm³/mol. The topological polar surface area (TPSA) is 52.2 Å². The monoisotopic (exact) mass is 352 g/mol. The molecule has 2 aliphatic heterocycles. The fourth-order valence-corrected chi connectivity index (χ4v) is 4.25. The smallest absolute Gasteiger partial charge is 0.251 e. The number of hydrogen-bond donors (Lipinski definition) is 1. The molecule has 0 spiro atoms. The molecule has 0 amide bonds. The van der Waals surface area contributed by atoms with Gasteiger partial charge in [-0.3, -0.25) is 9.69 Å². The van der Waals surface area contributed by atoms with E-state index in [9.17, 15) is 4.79 Å². The minimum Gasteiger partial charge on any atom is -0.372 e. The lowest BCUT2D eigenvalue weighted by Gasteiger charge is -2.29. The molecular formula is C21H28N4O. The number of hydrogen-bond acceptors (Lipinski definition) is 4. The largest absolute Gasteiger partial charge is 0.372 e. The Balaban J connectivity index is 1.37. The molecule has 4 rings (SSSR count). The fourth-order valence-electron chi connectivity index (χ4n) is 4.25. The van der Waals surface area contributed by atoms with Gasteiger partial charge in [0.2, 0.25) is 0 Å². The summed E-state index contributed by atoms with van der Waals surface area (Å²) in [5.41, 5.74) is 3.62. The molecule has 2 aliphatic rings. The van der Waals surface area contributed by atoms with Gasteiger partial charge in [-0.15, -0.1) is 0 Å². The molecule has 0 unspecified atom stereocenters. The Hall–Kier alpha value is -2.14. The molecule has 1 N–H and O–H groups in total. The molecule has 0 aliphatic carbocycles. The highest BCUT2D eigenvalue weighted by Crippen LogP contribution is 2.27. The molecule has 5 heteroatoms. The van der Waals surface area contributed by atoms with Gasteiger partial charge in [-0.2, -0.15) is 0 Å². The summed E-state index contributed by atoms with van der Waals surface area (Å²) < 4.78 is 0. The van der Waals surface area contributed by atoms with Gasteiger partial charge in [0.05, 0.1) is 5.69 Å². The van der Waals surface area contributed by atoms with Gasteiger partial charge in [-0.1, -0.05) is 12.1 Å². The number of anilines is 1. The summed E-state index contributed by atoms with van der Waals surface area (Å²) in [7, 11) is 0. The van der Waals surface area contributed by atoms with Crippen molar-refractivity contribution in [3.63, 3.8) is 0 Å². The van der Waals surface area contributed by atoms with Gasteiger partial charge >= 0.3 is 0 Å². The van der Waals surface area contributed by atoms with E-state index < -0.39 is 0 Å². The number of aromatic amines is 1. The molecule has 3 heterocycles. The van der Waals surface area contributed by atoms with Crippen molar-refractivity contribution < 1.29 is 0 Å². The molecule has 1 aromatic heterocycles. The van der Waals surface area contributed by atoms with E-state index in [1.54, 1.807) is 6.07 Å². The Morgan fingerprint density at radius 1 is 1.12 bits per heavy atom. The highest BCUT2D eigenvalue weighted by atomic mass is 16.1. The van der Waals surface area contributed by atoms with Crippen LogP contribution in [0.4, 0.5) is 5.69 Å². The highest BCUT2D eigenvalue weighted by Gasteiger charge is 2.25. The van der Waals surface area contributed by atoms with E-state index in [1.165, 1.54) is 43.6 Å². The average Bonchev–Trinajstić information content (AvgIpc) is 3.11. The van der Waals surface area contributed by atoms with Gasteiger partial charge < -0.3 is 9.88 Å². The van der Waals surface area contributed by atoms with Crippen LogP contribution in [0.3, 0.4) is 0 Å². The third-order valence-corrected chi connectivity index (χ3v) is 5.63. The first kappa shape index (κ1) is 17.3. The number of nitrogens with zero attached hydrogens (tertiary/aromatic N) is 3. The molecule has 2 fully saturated rings. The summed E-state index contributed by atoms with van der Waals surface area (Å²) in [6, 6.07) is 10.8. The van der Waals surface area contributed by atoms with Gasteiger partial charge in [0.15, 0.2) is 0 Å². The molecule has 1 aromatic carbocycles. The van der Waals surface area contributed by atoms with Crippen LogP contribution in [0.15, 0.2) is 35.1 Å². The van der Waals surface area contributed by atoms with E-state index in [0.29, 0.717) is 11.7 Å². The second-order valence-electron chi connectivity index (χ2n) is 7.69. The van der Waals surface area contributed by atoms with Crippen LogP contribution < -0.4 is 10.5 Å². The number of benzene rings is 1. The zero-order valence-corrected chi connectivity index (χ0v) is 15.6. The summed E-state index contributed by atoms with van der Waals surface area (Å²) in [6.45, 7) is 7.24. The van der Waals surface area contributed by atoms with Gasteiger partial charge in [-0.05, 0) is 56.8 Å². The van der Waals surface area contributed by atoms with Crippen LogP contribution in [0.1, 0.15) is 48.7 Å². The molecule has 2 saturated heterocycles. The number of H-pyrrole nitrogens is 1. The molecule has 1 atom stereocenters. The third kappa shape index (κ3) is 3.98. The maximum atomic E-state index is 11.7. The predicted octanol–water partition coefficient (Wildman–Crippen LogP) is 3.06. The SMILES string of the molecule is Cc1nc([C@H]2CCN(Cc3ccc(N4CCCCC4)cc3)C2)cc(=O)[nH]1. The zero-order chi connectivity index (χ0) is 17.9. The third-order valence-electron chi connectivity index (χ3n) is 5.63. The van der Waals surface area contributed by atoms with E-state index >= 15 is 0 Å². The van der Waals surface area contributed by atoms with Gasteiger partial charge in [-0.25, -0.2) is 4.98 Å². The Bertz CT molecular complexity index is 792. The quantitative estimate of drug-likeness (QED) is 0.919. The lowest BCUT2D eigenvalue weighted by atomic mass is 10.0. The second-order valence-corrected chi connectivity index (χ2v) is 7.69. The van der Waals surface area contributed by atoms with Gasteiger partial charge in [0.25, 0.3) is 5.56 Å². The molecule has 5 nitrogen and oxygen atoms in total. The van der Waals surface area contributed by atoms with E-state index in [4.69, 9.17) is 0 Å². The Labute approximate surface area is 155 Å². The first-order chi connectivity index (χ1) is 12.7. The maximum Gasteiger partial charge on any atom is 0.251 e. The number of aryl methyl sites for hydroxylation is 1. The maximum absolute atomic E-state index is 11.7. The second kappa shape index (κ2) is 7.62. The molecular weight excluding hydrogens is 324 g/mol. The highest BCUT2D eigenvalue weighted by molar-refractivity contribution is 5.47. The van der Waals surface area contributed by atoms with Crippen LogP contribution in [0.2, 0.25) is 0 Å². The first-order valence-electron chi connectivity index (χ1n) is 9.81. The van der Waals surface area contributed by atoms with Gasteiger partial charge in [0, 0.05) is 43.9 Å². The van der Waals surface area contributed by atoms with Crippen molar-refractivity contribution in [2.75, 3.05) is 31.1 Å². The summed E-state index contributed by atoms with van der Waals surface area (Å²) in [5, 5.41) is 0. The Morgan fingerprint density at radius 3 is 2.62 bits per heavy atom. The molecule has 0 saturated carbocycles. The lowest BCUT2D eigenvalue weighted by molar-refractivity contribution is 0.326. The summed E-state index contributed by atoms with van der Waals surface area (Å²) in [4.78, 5) is 23.9. The molecule has 26 heavy (non-hydrogen) atoms. The molecule has 0 radical (unpaired) electrons. The minimum absolute atomic E-state index is 0.0424. The van der Waals surface area contributed by atoms with Crippen molar-refractivity contribution in [1.82, 2.24) is 14.9 Å². The van der Waals surface area contributed by atoms with Crippen LogP contribution >= 0.6 is 0 Å². The van der Waals surface area contributed by atoms with Crippen molar-refractivity contribution in [1.29, 1.82) is 0 Å². The molecule has 0 bridgehead atoms. The number of aromatic nitrogens is 2. The van der Waals surface area contributed by atoms with Crippen molar-refractivity contribution in [2.45, 2.75) is 45.1 Å². The van der Waals surface area contributed by atoms with Crippen molar-refractivity contribution in [3.05, 3.63) is 57.8 Å². The number of rotatable bonds is 4. The van der Waals surface area contributed by atoms with E-state index in [-0.39, 0.29) is 5.56 Å². The fraction of sp³-hybridized carbons (Fsp3) is 0.524. The van der Waals surface area contributed by atoms with Gasteiger partial charge in [0.1, 0.15) is 5.82 Å². The number of likely N-dealkylation sites (tertiary alicyclic amines) is 1. The summed E-state index contributed by atoms with van der Waals surface area (Å²) >= 11 is 0. The van der Waals surface area contributed by atoms with Crippen molar-refractivity contribution in [2.24, 2.45) is 0 Å². The van der Waals surface area contributed by atoms with Crippen LogP contribution in [-0.4, -0.2) is 41.0 Å². The average molecular weight is 352 g/mol. The number of nitrogens with one attached hydrogen (secondary N) is 1. The zero-order valence-electron chi connectivity index (χ0n) is 15.6. The summed E-state index contributed by atoms with van der Waals surface area (Å²) in [5.74, 6) is 1.07. The lowest BCUT2D eigenvalue weighted by Crippen LogP contribution is -2.29. The van der Waals surface area contributed by atoms with Crippen LogP contribution in [0.25, 0.3) is 0 Å².